The molecule has 134 valence electrons. The first-order valence-electron chi connectivity index (χ1n) is 8.41. The molecule has 3 rings (SSSR count). The van der Waals surface area contributed by atoms with Crippen molar-refractivity contribution in [3.8, 4) is 0 Å². The lowest BCUT2D eigenvalue weighted by Crippen LogP contribution is -2.32. The average molecular weight is 367 g/mol. The Labute approximate surface area is 153 Å². The SMILES string of the molecule is O=S(=O)(NCCNCC=Cc1ccccc1)c1cccc2cnccc12. The highest BCUT2D eigenvalue weighted by Gasteiger charge is 2.16. The van der Waals surface area contributed by atoms with Crippen molar-refractivity contribution in [1.82, 2.24) is 15.0 Å². The Bertz CT molecular complexity index is 981. The Kier molecular flexibility index (Phi) is 6.12. The van der Waals surface area contributed by atoms with Gasteiger partial charge in [-0.2, -0.15) is 0 Å². The number of aromatic nitrogens is 1. The maximum absolute atomic E-state index is 12.5. The summed E-state index contributed by atoms with van der Waals surface area (Å²) in [6.07, 6.45) is 7.31. The number of hydrogen-bond donors (Lipinski definition) is 2. The second-order valence-electron chi connectivity index (χ2n) is 5.77. The van der Waals surface area contributed by atoms with Gasteiger partial charge < -0.3 is 5.32 Å². The van der Waals surface area contributed by atoms with Crippen LogP contribution in [0.2, 0.25) is 0 Å². The number of pyridine rings is 1. The van der Waals surface area contributed by atoms with Crippen molar-refractivity contribution in [2.45, 2.75) is 4.90 Å². The normalized spacial score (nSPS) is 12.0. The lowest BCUT2D eigenvalue weighted by atomic mass is 10.2. The summed E-state index contributed by atoms with van der Waals surface area (Å²) in [6, 6.07) is 16.9. The van der Waals surface area contributed by atoms with E-state index in [9.17, 15) is 8.42 Å². The summed E-state index contributed by atoms with van der Waals surface area (Å²) in [4.78, 5) is 4.31. The van der Waals surface area contributed by atoms with Gasteiger partial charge in [0, 0.05) is 42.8 Å². The highest BCUT2D eigenvalue weighted by atomic mass is 32.2. The molecular weight excluding hydrogens is 346 g/mol. The Morgan fingerprint density at radius 1 is 0.962 bits per heavy atom. The van der Waals surface area contributed by atoms with Crippen molar-refractivity contribution in [1.29, 1.82) is 0 Å². The predicted molar refractivity (Wildman–Crippen MR) is 105 cm³/mol. The quantitative estimate of drug-likeness (QED) is 0.601. The van der Waals surface area contributed by atoms with Gasteiger partial charge in [-0.3, -0.25) is 4.98 Å². The van der Waals surface area contributed by atoms with Gasteiger partial charge in [-0.05, 0) is 17.7 Å². The molecular formula is C20H21N3O2S. The Hall–Kier alpha value is -2.54. The molecule has 0 saturated heterocycles. The third-order valence-electron chi connectivity index (χ3n) is 3.90. The minimum absolute atomic E-state index is 0.279. The Morgan fingerprint density at radius 2 is 1.81 bits per heavy atom. The summed E-state index contributed by atoms with van der Waals surface area (Å²) in [5, 5.41) is 4.67. The van der Waals surface area contributed by atoms with Crippen LogP contribution >= 0.6 is 0 Å². The van der Waals surface area contributed by atoms with E-state index < -0.39 is 10.0 Å². The molecule has 2 aromatic carbocycles. The molecule has 0 unspecified atom stereocenters. The molecule has 0 saturated carbocycles. The van der Waals surface area contributed by atoms with Crippen LogP contribution in [0, 0.1) is 0 Å². The number of hydrogen-bond acceptors (Lipinski definition) is 4. The van der Waals surface area contributed by atoms with Crippen molar-refractivity contribution in [2.75, 3.05) is 19.6 Å². The smallest absolute Gasteiger partial charge is 0.241 e. The largest absolute Gasteiger partial charge is 0.312 e. The monoisotopic (exact) mass is 367 g/mol. The fourth-order valence-electron chi connectivity index (χ4n) is 2.62. The van der Waals surface area contributed by atoms with Crippen LogP contribution in [0.3, 0.4) is 0 Å². The van der Waals surface area contributed by atoms with Crippen LogP contribution in [0.5, 0.6) is 0 Å². The molecule has 0 aliphatic carbocycles. The number of rotatable bonds is 8. The number of sulfonamides is 1. The summed E-state index contributed by atoms with van der Waals surface area (Å²) in [5.41, 5.74) is 1.14. The number of nitrogens with zero attached hydrogens (tertiary/aromatic N) is 1. The van der Waals surface area contributed by atoms with Gasteiger partial charge in [0.25, 0.3) is 0 Å². The summed E-state index contributed by atoms with van der Waals surface area (Å²) in [5.74, 6) is 0. The first-order valence-corrected chi connectivity index (χ1v) is 9.90. The highest BCUT2D eigenvalue weighted by molar-refractivity contribution is 7.89. The molecule has 3 aromatic rings. The van der Waals surface area contributed by atoms with Gasteiger partial charge in [0.05, 0.1) is 4.90 Å². The Morgan fingerprint density at radius 3 is 2.65 bits per heavy atom. The second-order valence-corrected chi connectivity index (χ2v) is 7.50. The summed E-state index contributed by atoms with van der Waals surface area (Å²) in [6.45, 7) is 1.55. The summed E-state index contributed by atoms with van der Waals surface area (Å²) >= 11 is 0. The van der Waals surface area contributed by atoms with Crippen molar-refractivity contribution in [2.24, 2.45) is 0 Å². The molecule has 0 radical (unpaired) electrons. The molecule has 6 heteroatoms. The van der Waals surface area contributed by atoms with E-state index in [1.165, 1.54) is 0 Å². The molecule has 0 bridgehead atoms. The fourth-order valence-corrected chi connectivity index (χ4v) is 3.88. The number of benzene rings is 2. The van der Waals surface area contributed by atoms with Gasteiger partial charge in [-0.25, -0.2) is 13.1 Å². The lowest BCUT2D eigenvalue weighted by Gasteiger charge is -2.09. The zero-order valence-corrected chi connectivity index (χ0v) is 15.1. The van der Waals surface area contributed by atoms with E-state index >= 15 is 0 Å². The molecule has 1 aromatic heterocycles. The third-order valence-corrected chi connectivity index (χ3v) is 5.42. The van der Waals surface area contributed by atoms with Crippen LogP contribution in [0.15, 0.2) is 78.0 Å². The van der Waals surface area contributed by atoms with Crippen LogP contribution in [0.1, 0.15) is 5.56 Å². The maximum atomic E-state index is 12.5. The zero-order chi connectivity index (χ0) is 18.2. The van der Waals surface area contributed by atoms with E-state index in [1.807, 2.05) is 48.6 Å². The van der Waals surface area contributed by atoms with Crippen molar-refractivity contribution >= 4 is 26.9 Å². The third kappa shape index (κ3) is 4.76. The van der Waals surface area contributed by atoms with E-state index in [1.54, 1.807) is 30.6 Å². The van der Waals surface area contributed by atoms with Crippen LogP contribution in [0.25, 0.3) is 16.8 Å². The molecule has 0 aliphatic rings. The Balaban J connectivity index is 1.50. The van der Waals surface area contributed by atoms with Crippen molar-refractivity contribution in [3.63, 3.8) is 0 Å². The molecule has 26 heavy (non-hydrogen) atoms. The van der Waals surface area contributed by atoms with Gasteiger partial charge in [0.15, 0.2) is 0 Å². The number of nitrogens with one attached hydrogen (secondary N) is 2. The van der Waals surface area contributed by atoms with Gasteiger partial charge >= 0.3 is 0 Å². The molecule has 0 aliphatic heterocycles. The molecule has 0 atom stereocenters. The van der Waals surface area contributed by atoms with E-state index in [-0.39, 0.29) is 4.90 Å². The highest BCUT2D eigenvalue weighted by Crippen LogP contribution is 2.21. The van der Waals surface area contributed by atoms with Crippen LogP contribution in [0.4, 0.5) is 0 Å². The minimum Gasteiger partial charge on any atom is -0.312 e. The first-order chi connectivity index (χ1) is 12.7. The molecule has 0 amide bonds. The zero-order valence-electron chi connectivity index (χ0n) is 14.3. The van der Waals surface area contributed by atoms with Gasteiger partial charge in [-0.1, -0.05) is 54.6 Å². The minimum atomic E-state index is -3.56. The average Bonchev–Trinajstić information content (AvgIpc) is 2.67. The molecule has 1 heterocycles. The molecule has 5 nitrogen and oxygen atoms in total. The molecule has 0 fully saturated rings. The summed E-state index contributed by atoms with van der Waals surface area (Å²) in [7, 11) is -3.56. The fraction of sp³-hybridized carbons (Fsp3) is 0.150. The van der Waals surface area contributed by atoms with Crippen LogP contribution in [-0.4, -0.2) is 33.0 Å². The lowest BCUT2D eigenvalue weighted by molar-refractivity contribution is 0.579. The summed E-state index contributed by atoms with van der Waals surface area (Å²) < 4.78 is 27.7. The van der Waals surface area contributed by atoms with E-state index in [4.69, 9.17) is 0 Å². The predicted octanol–water partition coefficient (Wildman–Crippen LogP) is 2.82. The van der Waals surface area contributed by atoms with Gasteiger partial charge in [-0.15, -0.1) is 0 Å². The van der Waals surface area contributed by atoms with Crippen molar-refractivity contribution < 1.29 is 8.42 Å². The standard InChI is InChI=1S/C20H21N3O2S/c24-26(25,20-10-4-9-18-16-22-13-11-19(18)20)23-15-14-21-12-5-8-17-6-2-1-3-7-17/h1-11,13,16,21,23H,12,14-15H2. The van der Waals surface area contributed by atoms with Gasteiger partial charge in [0.1, 0.15) is 0 Å². The maximum Gasteiger partial charge on any atom is 0.241 e. The second kappa shape index (κ2) is 8.71. The van der Waals surface area contributed by atoms with E-state index in [0.717, 1.165) is 10.9 Å². The first kappa shape index (κ1) is 18.3. The molecule has 0 spiro atoms. The number of fused-ring (bicyclic) bond motifs is 1. The van der Waals surface area contributed by atoms with E-state index in [2.05, 4.69) is 15.0 Å². The van der Waals surface area contributed by atoms with Crippen LogP contribution < -0.4 is 10.0 Å². The van der Waals surface area contributed by atoms with Crippen molar-refractivity contribution in [3.05, 3.63) is 78.6 Å². The van der Waals surface area contributed by atoms with E-state index in [0.29, 0.717) is 25.0 Å². The topological polar surface area (TPSA) is 71.1 Å². The van der Waals surface area contributed by atoms with Gasteiger partial charge in [0.2, 0.25) is 10.0 Å². The molecule has 2 N–H and O–H groups in total. The van der Waals surface area contributed by atoms with Crippen LogP contribution in [-0.2, 0) is 10.0 Å².